The van der Waals surface area contributed by atoms with Crippen molar-refractivity contribution in [3.05, 3.63) is 17.5 Å². The number of nitrogens with zero attached hydrogens (tertiary/aromatic N) is 2. The molecule has 1 unspecified atom stereocenters. The Morgan fingerprint density at radius 1 is 1.53 bits per heavy atom. The zero-order chi connectivity index (χ0) is 11.7. The van der Waals surface area contributed by atoms with E-state index in [4.69, 9.17) is 17.3 Å². The normalized spacial score (nSPS) is 11.3. The van der Waals surface area contributed by atoms with Gasteiger partial charge in [0.25, 0.3) is 0 Å². The van der Waals surface area contributed by atoms with Gasteiger partial charge in [0.15, 0.2) is 0 Å². The quantitative estimate of drug-likeness (QED) is 0.783. The van der Waals surface area contributed by atoms with Crippen LogP contribution in [0.1, 0.15) is 27.2 Å². The van der Waals surface area contributed by atoms with Gasteiger partial charge in [0.05, 0.1) is 0 Å². The topological polar surface area (TPSA) is 63.8 Å². The molecule has 0 aliphatic heterocycles. The highest BCUT2D eigenvalue weighted by atomic mass is 35.5. The molecule has 1 aromatic heterocycles. The molecule has 1 aromatic rings. The molecular weight excluding hydrogens is 212 g/mol. The molecule has 1 rings (SSSR count). The predicted molar refractivity (Wildman–Crippen MR) is 65.1 cm³/mol. The van der Waals surface area contributed by atoms with Crippen LogP contribution in [0.4, 0.5) is 5.82 Å². The van der Waals surface area contributed by atoms with E-state index < -0.39 is 0 Å². The third-order valence-corrected chi connectivity index (χ3v) is 1.41. The van der Waals surface area contributed by atoms with E-state index in [1.165, 1.54) is 6.42 Å². The Morgan fingerprint density at radius 3 is 2.60 bits per heavy atom. The molecule has 0 aliphatic carbocycles. The number of hydrogen-bond donors (Lipinski definition) is 2. The van der Waals surface area contributed by atoms with E-state index in [-0.39, 0.29) is 11.3 Å². The van der Waals surface area contributed by atoms with Gasteiger partial charge < -0.3 is 11.1 Å². The van der Waals surface area contributed by atoms with Crippen LogP contribution in [-0.4, -0.2) is 22.6 Å². The molecule has 86 valence electrons. The van der Waals surface area contributed by atoms with Crippen LogP contribution in [0.15, 0.2) is 12.3 Å². The Bertz CT molecular complexity index is 265. The van der Waals surface area contributed by atoms with Crippen molar-refractivity contribution in [3.63, 3.8) is 0 Å². The minimum atomic E-state index is 0.0961. The molecule has 0 saturated heterocycles. The maximum Gasteiger partial charge on any atom is 0.224 e. The minimum absolute atomic E-state index is 0.0961. The van der Waals surface area contributed by atoms with Crippen molar-refractivity contribution in [2.75, 3.05) is 11.9 Å². The smallest absolute Gasteiger partial charge is 0.224 e. The molecule has 0 spiro atoms. The lowest BCUT2D eigenvalue weighted by molar-refractivity contribution is 0.777. The second-order valence-electron chi connectivity index (χ2n) is 3.28. The van der Waals surface area contributed by atoms with Gasteiger partial charge in [-0.05, 0) is 24.6 Å². The van der Waals surface area contributed by atoms with Crippen LogP contribution in [0.25, 0.3) is 0 Å². The minimum Gasteiger partial charge on any atom is -0.368 e. The summed E-state index contributed by atoms with van der Waals surface area (Å²) in [5.74, 6) is 0.701. The Hall–Kier alpha value is -0.870. The Labute approximate surface area is 96.3 Å². The van der Waals surface area contributed by atoms with Crippen LogP contribution in [0, 0.1) is 0 Å². The SMILES string of the molecule is CC(N)CNc1ccnc(Cl)n1.CCC. The van der Waals surface area contributed by atoms with Gasteiger partial charge in [-0.3, -0.25) is 0 Å². The van der Waals surface area contributed by atoms with Crippen molar-refractivity contribution >= 4 is 17.4 Å². The van der Waals surface area contributed by atoms with Crippen LogP contribution in [-0.2, 0) is 0 Å². The van der Waals surface area contributed by atoms with Gasteiger partial charge in [-0.2, -0.15) is 0 Å². The lowest BCUT2D eigenvalue weighted by Crippen LogP contribution is -2.25. The fourth-order valence-electron chi connectivity index (χ4n) is 0.699. The van der Waals surface area contributed by atoms with Crippen molar-refractivity contribution in [1.29, 1.82) is 0 Å². The average Bonchev–Trinajstić information content (AvgIpc) is 2.16. The Kier molecular flexibility index (Phi) is 7.95. The molecule has 0 aliphatic rings. The van der Waals surface area contributed by atoms with Crippen LogP contribution >= 0.6 is 11.6 Å². The highest BCUT2D eigenvalue weighted by Crippen LogP contribution is 2.04. The zero-order valence-corrected chi connectivity index (χ0v) is 10.3. The predicted octanol–water partition coefficient (Wildman–Crippen LogP) is 2.31. The van der Waals surface area contributed by atoms with E-state index in [0.29, 0.717) is 12.4 Å². The van der Waals surface area contributed by atoms with Crippen LogP contribution in [0.5, 0.6) is 0 Å². The lowest BCUT2D eigenvalue weighted by Gasteiger charge is -2.07. The van der Waals surface area contributed by atoms with Gasteiger partial charge in [0.1, 0.15) is 5.82 Å². The molecular formula is C10H19ClN4. The van der Waals surface area contributed by atoms with Crippen LogP contribution in [0.2, 0.25) is 5.28 Å². The highest BCUT2D eigenvalue weighted by Gasteiger charge is 1.96. The molecule has 1 heterocycles. The molecule has 0 amide bonds. The van der Waals surface area contributed by atoms with Gasteiger partial charge >= 0.3 is 0 Å². The maximum atomic E-state index is 5.57. The first-order valence-corrected chi connectivity index (χ1v) is 5.45. The number of nitrogens with one attached hydrogen (secondary N) is 1. The fraction of sp³-hybridized carbons (Fsp3) is 0.600. The summed E-state index contributed by atoms with van der Waals surface area (Å²) < 4.78 is 0. The second-order valence-corrected chi connectivity index (χ2v) is 3.61. The van der Waals surface area contributed by atoms with E-state index in [0.717, 1.165) is 0 Å². The highest BCUT2D eigenvalue weighted by molar-refractivity contribution is 6.28. The number of rotatable bonds is 3. The number of aromatic nitrogens is 2. The monoisotopic (exact) mass is 230 g/mol. The van der Waals surface area contributed by atoms with Gasteiger partial charge in [-0.1, -0.05) is 20.3 Å². The Balaban J connectivity index is 0.000000583. The molecule has 5 heteroatoms. The van der Waals surface area contributed by atoms with Crippen molar-refractivity contribution in [2.24, 2.45) is 5.73 Å². The molecule has 1 atom stereocenters. The number of anilines is 1. The first-order valence-electron chi connectivity index (χ1n) is 5.08. The van der Waals surface area contributed by atoms with Crippen LogP contribution < -0.4 is 11.1 Å². The first kappa shape index (κ1) is 14.1. The van der Waals surface area contributed by atoms with Crippen molar-refractivity contribution < 1.29 is 0 Å². The van der Waals surface area contributed by atoms with E-state index in [9.17, 15) is 0 Å². The van der Waals surface area contributed by atoms with E-state index in [1.54, 1.807) is 12.3 Å². The molecule has 15 heavy (non-hydrogen) atoms. The number of nitrogens with two attached hydrogens (primary N) is 1. The molecule has 0 fully saturated rings. The fourth-order valence-corrected chi connectivity index (χ4v) is 0.846. The maximum absolute atomic E-state index is 5.57. The third-order valence-electron chi connectivity index (χ3n) is 1.23. The van der Waals surface area contributed by atoms with Crippen molar-refractivity contribution in [2.45, 2.75) is 33.2 Å². The number of halogens is 1. The number of hydrogen-bond acceptors (Lipinski definition) is 4. The summed E-state index contributed by atoms with van der Waals surface area (Å²) >= 11 is 5.57. The summed E-state index contributed by atoms with van der Waals surface area (Å²) in [5.41, 5.74) is 5.54. The molecule has 4 nitrogen and oxygen atoms in total. The standard InChI is InChI=1S/C7H11ClN4.C3H8/c1-5(9)4-11-6-2-3-10-7(8)12-6;1-3-2/h2-3,5H,4,9H2,1H3,(H,10,11,12);3H2,1-2H3. The molecule has 3 N–H and O–H groups in total. The Morgan fingerprint density at radius 2 is 2.13 bits per heavy atom. The van der Waals surface area contributed by atoms with Gasteiger partial charge in [0, 0.05) is 18.8 Å². The zero-order valence-electron chi connectivity index (χ0n) is 9.50. The summed E-state index contributed by atoms with van der Waals surface area (Å²) in [6, 6.07) is 1.84. The van der Waals surface area contributed by atoms with E-state index in [2.05, 4.69) is 29.1 Å². The largest absolute Gasteiger partial charge is 0.368 e. The summed E-state index contributed by atoms with van der Waals surface area (Å²) in [7, 11) is 0. The van der Waals surface area contributed by atoms with Gasteiger partial charge in [0.2, 0.25) is 5.28 Å². The van der Waals surface area contributed by atoms with Crippen molar-refractivity contribution in [1.82, 2.24) is 9.97 Å². The molecule has 0 bridgehead atoms. The van der Waals surface area contributed by atoms with Crippen molar-refractivity contribution in [3.8, 4) is 0 Å². The summed E-state index contributed by atoms with van der Waals surface area (Å²) in [6.07, 6.45) is 2.85. The second kappa shape index (κ2) is 8.44. The van der Waals surface area contributed by atoms with E-state index in [1.807, 2.05) is 6.92 Å². The van der Waals surface area contributed by atoms with Gasteiger partial charge in [-0.15, -0.1) is 0 Å². The lowest BCUT2D eigenvalue weighted by atomic mass is 10.3. The summed E-state index contributed by atoms with van der Waals surface area (Å²) in [4.78, 5) is 7.68. The molecule has 0 aromatic carbocycles. The summed E-state index contributed by atoms with van der Waals surface area (Å²) in [6.45, 7) is 6.84. The third kappa shape index (κ3) is 8.15. The van der Waals surface area contributed by atoms with Crippen LogP contribution in [0.3, 0.4) is 0 Å². The molecule has 0 radical (unpaired) electrons. The van der Waals surface area contributed by atoms with E-state index >= 15 is 0 Å². The first-order chi connectivity index (χ1) is 7.10. The summed E-state index contributed by atoms with van der Waals surface area (Å²) in [5, 5.41) is 3.26. The van der Waals surface area contributed by atoms with Gasteiger partial charge in [-0.25, -0.2) is 9.97 Å². The average molecular weight is 231 g/mol. The molecule has 0 saturated carbocycles.